The van der Waals surface area contributed by atoms with Gasteiger partial charge in [0.25, 0.3) is 0 Å². The molecular weight excluding hydrogens is 234 g/mol. The quantitative estimate of drug-likeness (QED) is 0.827. The van der Waals surface area contributed by atoms with Crippen molar-refractivity contribution in [1.29, 1.82) is 0 Å². The lowest BCUT2D eigenvalue weighted by atomic mass is 9.83. The van der Waals surface area contributed by atoms with Gasteiger partial charge in [-0.1, -0.05) is 19.9 Å². The Kier molecular flexibility index (Phi) is 4.19. The molecule has 0 saturated carbocycles. The molecule has 1 aliphatic rings. The SMILES string of the molecule is CNC1CC(C)(C)CCc2ccc(OC(C)C)cc21. The molecule has 0 radical (unpaired) electrons. The van der Waals surface area contributed by atoms with Crippen LogP contribution in [0.3, 0.4) is 0 Å². The Bertz CT molecular complexity index is 437. The van der Waals surface area contributed by atoms with Crippen molar-refractivity contribution in [3.63, 3.8) is 0 Å². The Morgan fingerprint density at radius 3 is 2.68 bits per heavy atom. The van der Waals surface area contributed by atoms with Crippen LogP contribution in [0.2, 0.25) is 0 Å². The Balaban J connectivity index is 2.33. The largest absolute Gasteiger partial charge is 0.491 e. The van der Waals surface area contributed by atoms with Crippen molar-refractivity contribution in [2.75, 3.05) is 7.05 Å². The van der Waals surface area contributed by atoms with Crippen molar-refractivity contribution in [2.45, 2.75) is 59.1 Å². The Morgan fingerprint density at radius 2 is 2.05 bits per heavy atom. The molecule has 0 aliphatic heterocycles. The lowest BCUT2D eigenvalue weighted by Crippen LogP contribution is -2.22. The van der Waals surface area contributed by atoms with Gasteiger partial charge in [-0.05, 0) is 68.8 Å². The van der Waals surface area contributed by atoms with Crippen LogP contribution in [0.15, 0.2) is 18.2 Å². The van der Waals surface area contributed by atoms with Crippen LogP contribution in [0, 0.1) is 5.41 Å². The molecule has 1 unspecified atom stereocenters. The first-order valence-corrected chi connectivity index (χ1v) is 7.38. The van der Waals surface area contributed by atoms with E-state index in [9.17, 15) is 0 Å². The van der Waals surface area contributed by atoms with E-state index < -0.39 is 0 Å². The van der Waals surface area contributed by atoms with Gasteiger partial charge in [-0.15, -0.1) is 0 Å². The number of nitrogens with one attached hydrogen (secondary N) is 1. The third-order valence-electron chi connectivity index (χ3n) is 4.04. The number of fused-ring (bicyclic) bond motifs is 1. The summed E-state index contributed by atoms with van der Waals surface area (Å²) in [6, 6.07) is 7.03. The molecule has 2 nitrogen and oxygen atoms in total. The number of benzene rings is 1. The molecule has 0 amide bonds. The molecule has 1 atom stereocenters. The molecule has 1 N–H and O–H groups in total. The van der Waals surface area contributed by atoms with E-state index in [-0.39, 0.29) is 6.10 Å². The van der Waals surface area contributed by atoms with E-state index in [4.69, 9.17) is 4.74 Å². The summed E-state index contributed by atoms with van der Waals surface area (Å²) < 4.78 is 5.84. The fourth-order valence-corrected chi connectivity index (χ4v) is 2.97. The lowest BCUT2D eigenvalue weighted by molar-refractivity contribution is 0.241. The zero-order valence-corrected chi connectivity index (χ0v) is 12.9. The van der Waals surface area contributed by atoms with Crippen LogP contribution in [0.5, 0.6) is 5.75 Å². The van der Waals surface area contributed by atoms with Crippen LogP contribution in [-0.2, 0) is 6.42 Å². The van der Waals surface area contributed by atoms with Gasteiger partial charge in [0.1, 0.15) is 5.75 Å². The first-order valence-electron chi connectivity index (χ1n) is 7.38. The van der Waals surface area contributed by atoms with Crippen molar-refractivity contribution in [2.24, 2.45) is 5.41 Å². The van der Waals surface area contributed by atoms with Gasteiger partial charge in [0.15, 0.2) is 0 Å². The van der Waals surface area contributed by atoms with E-state index in [0.717, 1.165) is 5.75 Å². The number of ether oxygens (including phenoxy) is 1. The normalized spacial score (nSPS) is 21.9. The molecule has 0 aromatic heterocycles. The average Bonchev–Trinajstić information content (AvgIpc) is 2.45. The molecule has 1 aromatic carbocycles. The summed E-state index contributed by atoms with van der Waals surface area (Å²) in [5.41, 5.74) is 3.29. The van der Waals surface area contributed by atoms with Gasteiger partial charge >= 0.3 is 0 Å². The predicted octanol–water partition coefficient (Wildman–Crippen LogP) is 4.10. The number of aryl methyl sites for hydroxylation is 1. The highest BCUT2D eigenvalue weighted by molar-refractivity contribution is 5.39. The minimum absolute atomic E-state index is 0.230. The summed E-state index contributed by atoms with van der Waals surface area (Å²) in [7, 11) is 2.06. The highest BCUT2D eigenvalue weighted by Gasteiger charge is 2.28. The molecule has 0 saturated heterocycles. The minimum atomic E-state index is 0.230. The Labute approximate surface area is 117 Å². The van der Waals surface area contributed by atoms with Crippen molar-refractivity contribution in [1.82, 2.24) is 5.32 Å². The fraction of sp³-hybridized carbons (Fsp3) is 0.647. The molecule has 0 heterocycles. The molecule has 0 bridgehead atoms. The maximum atomic E-state index is 5.84. The van der Waals surface area contributed by atoms with Gasteiger partial charge in [-0.25, -0.2) is 0 Å². The van der Waals surface area contributed by atoms with Gasteiger partial charge in [0.05, 0.1) is 6.10 Å². The maximum absolute atomic E-state index is 5.84. The number of rotatable bonds is 3. The van der Waals surface area contributed by atoms with Crippen LogP contribution in [0.4, 0.5) is 0 Å². The molecule has 19 heavy (non-hydrogen) atoms. The monoisotopic (exact) mass is 261 g/mol. The molecule has 0 fully saturated rings. The molecule has 0 spiro atoms. The average molecular weight is 261 g/mol. The van der Waals surface area contributed by atoms with E-state index in [0.29, 0.717) is 11.5 Å². The van der Waals surface area contributed by atoms with Crippen molar-refractivity contribution >= 4 is 0 Å². The summed E-state index contributed by atoms with van der Waals surface area (Å²) in [5.74, 6) is 0.994. The van der Waals surface area contributed by atoms with E-state index >= 15 is 0 Å². The summed E-state index contributed by atoms with van der Waals surface area (Å²) in [6.07, 6.45) is 3.83. The van der Waals surface area contributed by atoms with Gasteiger partial charge in [-0.3, -0.25) is 0 Å². The van der Waals surface area contributed by atoms with E-state index in [1.165, 1.54) is 30.4 Å². The second kappa shape index (κ2) is 5.54. The van der Waals surface area contributed by atoms with Gasteiger partial charge in [0, 0.05) is 6.04 Å². The first-order chi connectivity index (χ1) is 8.91. The zero-order chi connectivity index (χ0) is 14.0. The lowest BCUT2D eigenvalue weighted by Gasteiger charge is -2.27. The van der Waals surface area contributed by atoms with Crippen LogP contribution < -0.4 is 10.1 Å². The highest BCUT2D eigenvalue weighted by atomic mass is 16.5. The molecule has 2 heteroatoms. The highest BCUT2D eigenvalue weighted by Crippen LogP contribution is 2.40. The summed E-state index contributed by atoms with van der Waals surface area (Å²) in [4.78, 5) is 0. The molecular formula is C17H27NO. The molecule has 2 rings (SSSR count). The Hall–Kier alpha value is -1.02. The van der Waals surface area contributed by atoms with Gasteiger partial charge < -0.3 is 10.1 Å². The van der Waals surface area contributed by atoms with Crippen LogP contribution in [0.1, 0.15) is 57.7 Å². The fourth-order valence-electron chi connectivity index (χ4n) is 2.97. The van der Waals surface area contributed by atoms with Crippen LogP contribution in [-0.4, -0.2) is 13.2 Å². The molecule has 106 valence electrons. The van der Waals surface area contributed by atoms with E-state index in [1.807, 2.05) is 0 Å². The van der Waals surface area contributed by atoms with Crippen molar-refractivity contribution < 1.29 is 4.74 Å². The summed E-state index contributed by atoms with van der Waals surface area (Å²) >= 11 is 0. The minimum Gasteiger partial charge on any atom is -0.491 e. The maximum Gasteiger partial charge on any atom is 0.120 e. The van der Waals surface area contributed by atoms with Crippen LogP contribution >= 0.6 is 0 Å². The molecule has 1 aromatic rings. The first kappa shape index (κ1) is 14.4. The standard InChI is InChI=1S/C17H27NO/c1-12(2)19-14-7-6-13-8-9-17(3,4)11-16(18-5)15(13)10-14/h6-7,10,12,16,18H,8-9,11H2,1-5H3. The number of hydrogen-bond donors (Lipinski definition) is 1. The van der Waals surface area contributed by atoms with Gasteiger partial charge in [0.2, 0.25) is 0 Å². The Morgan fingerprint density at radius 1 is 1.32 bits per heavy atom. The van der Waals surface area contributed by atoms with E-state index in [1.54, 1.807) is 0 Å². The topological polar surface area (TPSA) is 21.3 Å². The van der Waals surface area contributed by atoms with Gasteiger partial charge in [-0.2, -0.15) is 0 Å². The smallest absolute Gasteiger partial charge is 0.120 e. The zero-order valence-electron chi connectivity index (χ0n) is 12.9. The van der Waals surface area contributed by atoms with E-state index in [2.05, 4.69) is 58.3 Å². The summed E-state index contributed by atoms with van der Waals surface area (Å²) in [5, 5.41) is 3.48. The molecule has 1 aliphatic carbocycles. The number of hydrogen-bond acceptors (Lipinski definition) is 2. The van der Waals surface area contributed by atoms with Crippen molar-refractivity contribution in [3.8, 4) is 5.75 Å². The second-order valence-corrected chi connectivity index (χ2v) is 6.74. The van der Waals surface area contributed by atoms with Crippen LogP contribution in [0.25, 0.3) is 0 Å². The third kappa shape index (κ3) is 3.50. The summed E-state index contributed by atoms with van der Waals surface area (Å²) in [6.45, 7) is 8.89. The van der Waals surface area contributed by atoms with Crippen molar-refractivity contribution in [3.05, 3.63) is 29.3 Å². The predicted molar refractivity (Wildman–Crippen MR) is 80.7 cm³/mol. The third-order valence-corrected chi connectivity index (χ3v) is 4.04. The second-order valence-electron chi connectivity index (χ2n) is 6.74.